The average molecular weight is 299 g/mol. The van der Waals surface area contributed by atoms with E-state index in [0.29, 0.717) is 17.1 Å². The van der Waals surface area contributed by atoms with E-state index in [1.54, 1.807) is 13.2 Å². The molecular formula is C14H18FNO3S. The van der Waals surface area contributed by atoms with Gasteiger partial charge in [0.15, 0.2) is 5.78 Å². The van der Waals surface area contributed by atoms with Gasteiger partial charge < -0.3 is 10.1 Å². The van der Waals surface area contributed by atoms with Crippen LogP contribution in [-0.2, 0) is 9.53 Å². The van der Waals surface area contributed by atoms with Crippen LogP contribution in [0.4, 0.5) is 4.39 Å². The van der Waals surface area contributed by atoms with E-state index >= 15 is 0 Å². The monoisotopic (exact) mass is 299 g/mol. The Morgan fingerprint density at radius 3 is 2.70 bits per heavy atom. The van der Waals surface area contributed by atoms with Gasteiger partial charge in [-0.05, 0) is 26.0 Å². The molecule has 0 bridgehead atoms. The fraction of sp³-hybridized carbons (Fsp3) is 0.429. The molecule has 0 saturated heterocycles. The molecule has 0 aliphatic heterocycles. The molecule has 6 heteroatoms. The molecule has 1 N–H and O–H groups in total. The number of thioether (sulfide) groups is 1. The SMILES string of the molecule is COCC(C)NC(=O)CSc1ccc(C(C)=O)cc1F. The summed E-state index contributed by atoms with van der Waals surface area (Å²) in [6, 6.07) is 4.18. The highest BCUT2D eigenvalue weighted by Crippen LogP contribution is 2.22. The van der Waals surface area contributed by atoms with Gasteiger partial charge in [-0.25, -0.2) is 4.39 Å². The first-order valence-corrected chi connectivity index (χ1v) is 7.14. The summed E-state index contributed by atoms with van der Waals surface area (Å²) in [5, 5.41) is 2.74. The number of ether oxygens (including phenoxy) is 1. The molecule has 0 fully saturated rings. The van der Waals surface area contributed by atoms with Gasteiger partial charge in [0.05, 0.1) is 12.4 Å². The number of carbonyl (C=O) groups excluding carboxylic acids is 2. The minimum Gasteiger partial charge on any atom is -0.383 e. The summed E-state index contributed by atoms with van der Waals surface area (Å²) in [5.74, 6) is -0.744. The van der Waals surface area contributed by atoms with E-state index < -0.39 is 5.82 Å². The van der Waals surface area contributed by atoms with Gasteiger partial charge in [-0.15, -0.1) is 11.8 Å². The molecule has 0 aliphatic carbocycles. The molecule has 1 rings (SSSR count). The van der Waals surface area contributed by atoms with Crippen LogP contribution in [0.25, 0.3) is 0 Å². The number of benzene rings is 1. The zero-order valence-corrected chi connectivity index (χ0v) is 12.6. The van der Waals surface area contributed by atoms with Gasteiger partial charge in [-0.1, -0.05) is 6.07 Å². The van der Waals surface area contributed by atoms with Crippen molar-refractivity contribution in [2.45, 2.75) is 24.8 Å². The van der Waals surface area contributed by atoms with E-state index in [9.17, 15) is 14.0 Å². The maximum absolute atomic E-state index is 13.7. The molecule has 1 atom stereocenters. The Kier molecular flexibility index (Phi) is 6.67. The average Bonchev–Trinajstić information content (AvgIpc) is 2.37. The summed E-state index contributed by atoms with van der Waals surface area (Å²) in [5.41, 5.74) is 0.324. The lowest BCUT2D eigenvalue weighted by Crippen LogP contribution is -2.36. The number of amides is 1. The summed E-state index contributed by atoms with van der Waals surface area (Å²) in [7, 11) is 1.56. The number of Topliss-reactive ketones (excluding diaryl/α,β-unsaturated/α-hetero) is 1. The molecule has 110 valence electrons. The Balaban J connectivity index is 2.53. The lowest BCUT2D eigenvalue weighted by atomic mass is 10.1. The predicted molar refractivity (Wildman–Crippen MR) is 76.6 cm³/mol. The Labute approximate surface area is 122 Å². The normalized spacial score (nSPS) is 12.0. The highest BCUT2D eigenvalue weighted by molar-refractivity contribution is 8.00. The number of rotatable bonds is 7. The zero-order chi connectivity index (χ0) is 15.1. The maximum Gasteiger partial charge on any atom is 0.230 e. The summed E-state index contributed by atoms with van der Waals surface area (Å²) in [6.07, 6.45) is 0. The molecule has 0 spiro atoms. The number of hydrogen-bond donors (Lipinski definition) is 1. The van der Waals surface area contributed by atoms with E-state index in [-0.39, 0.29) is 23.5 Å². The summed E-state index contributed by atoms with van der Waals surface area (Å²) >= 11 is 1.10. The zero-order valence-electron chi connectivity index (χ0n) is 11.7. The van der Waals surface area contributed by atoms with Gasteiger partial charge in [-0.3, -0.25) is 9.59 Å². The van der Waals surface area contributed by atoms with E-state index in [1.807, 2.05) is 6.92 Å². The van der Waals surface area contributed by atoms with Crippen molar-refractivity contribution in [2.75, 3.05) is 19.5 Å². The summed E-state index contributed by atoms with van der Waals surface area (Å²) in [6.45, 7) is 3.64. The van der Waals surface area contributed by atoms with Crippen molar-refractivity contribution >= 4 is 23.5 Å². The molecule has 1 aromatic carbocycles. The van der Waals surface area contributed by atoms with Gasteiger partial charge in [-0.2, -0.15) is 0 Å². The molecular weight excluding hydrogens is 281 g/mol. The lowest BCUT2D eigenvalue weighted by Gasteiger charge is -2.12. The first kappa shape index (κ1) is 16.7. The van der Waals surface area contributed by atoms with Crippen molar-refractivity contribution in [3.8, 4) is 0 Å². The molecule has 0 radical (unpaired) electrons. The van der Waals surface area contributed by atoms with E-state index in [2.05, 4.69) is 5.32 Å². The second-order valence-electron chi connectivity index (χ2n) is 4.41. The molecule has 1 amide bonds. The molecule has 20 heavy (non-hydrogen) atoms. The number of nitrogens with one attached hydrogen (secondary N) is 1. The van der Waals surface area contributed by atoms with Crippen LogP contribution < -0.4 is 5.32 Å². The Hall–Kier alpha value is -1.40. The lowest BCUT2D eigenvalue weighted by molar-refractivity contribution is -0.119. The quantitative estimate of drug-likeness (QED) is 0.620. The van der Waals surface area contributed by atoms with Gasteiger partial charge in [0, 0.05) is 23.6 Å². The van der Waals surface area contributed by atoms with Crippen LogP contribution in [0.15, 0.2) is 23.1 Å². The molecule has 0 heterocycles. The predicted octanol–water partition coefficient (Wildman–Crippen LogP) is 2.27. The molecule has 1 unspecified atom stereocenters. The van der Waals surface area contributed by atoms with Crippen molar-refractivity contribution in [3.63, 3.8) is 0 Å². The summed E-state index contributed by atoms with van der Waals surface area (Å²) < 4.78 is 18.6. The van der Waals surface area contributed by atoms with Gasteiger partial charge in [0.2, 0.25) is 5.91 Å². The highest BCUT2D eigenvalue weighted by atomic mass is 32.2. The van der Waals surface area contributed by atoms with Crippen LogP contribution >= 0.6 is 11.8 Å². The fourth-order valence-electron chi connectivity index (χ4n) is 1.59. The van der Waals surface area contributed by atoms with Gasteiger partial charge in [0.25, 0.3) is 0 Å². The molecule has 1 aromatic rings. The molecule has 0 aliphatic rings. The van der Waals surface area contributed by atoms with Crippen LogP contribution in [0.5, 0.6) is 0 Å². The number of ketones is 1. The van der Waals surface area contributed by atoms with Crippen LogP contribution in [0.3, 0.4) is 0 Å². The highest BCUT2D eigenvalue weighted by Gasteiger charge is 2.11. The van der Waals surface area contributed by atoms with Crippen molar-refractivity contribution in [2.24, 2.45) is 0 Å². The topological polar surface area (TPSA) is 55.4 Å². The number of halogens is 1. The van der Waals surface area contributed by atoms with Crippen LogP contribution in [-0.4, -0.2) is 37.2 Å². The number of hydrogen-bond acceptors (Lipinski definition) is 4. The van der Waals surface area contributed by atoms with Crippen molar-refractivity contribution in [3.05, 3.63) is 29.6 Å². The third-order valence-electron chi connectivity index (χ3n) is 2.52. The standard InChI is InChI=1S/C14H18FNO3S/c1-9(7-19-3)16-14(18)8-20-13-5-4-11(10(2)17)6-12(13)15/h4-6,9H,7-8H2,1-3H3,(H,16,18). The smallest absolute Gasteiger partial charge is 0.230 e. The Morgan fingerprint density at radius 2 is 2.15 bits per heavy atom. The molecule has 0 saturated carbocycles. The second-order valence-corrected chi connectivity index (χ2v) is 5.43. The number of methoxy groups -OCH3 is 1. The third kappa shape index (κ3) is 5.30. The van der Waals surface area contributed by atoms with E-state index in [0.717, 1.165) is 11.8 Å². The van der Waals surface area contributed by atoms with Crippen molar-refractivity contribution in [1.29, 1.82) is 0 Å². The Bertz CT molecular complexity index is 493. The maximum atomic E-state index is 13.7. The van der Waals surface area contributed by atoms with Crippen LogP contribution in [0.1, 0.15) is 24.2 Å². The van der Waals surface area contributed by atoms with Crippen molar-refractivity contribution in [1.82, 2.24) is 5.32 Å². The van der Waals surface area contributed by atoms with E-state index in [1.165, 1.54) is 19.1 Å². The van der Waals surface area contributed by atoms with Gasteiger partial charge in [0.1, 0.15) is 5.82 Å². The Morgan fingerprint density at radius 1 is 1.45 bits per heavy atom. The third-order valence-corrected chi connectivity index (χ3v) is 3.57. The number of carbonyl (C=O) groups is 2. The second kappa shape index (κ2) is 8.01. The van der Waals surface area contributed by atoms with Crippen molar-refractivity contribution < 1.29 is 18.7 Å². The first-order valence-electron chi connectivity index (χ1n) is 6.15. The largest absolute Gasteiger partial charge is 0.383 e. The minimum absolute atomic E-state index is 0.0852. The fourth-order valence-corrected chi connectivity index (χ4v) is 2.32. The molecule has 0 aromatic heterocycles. The molecule has 4 nitrogen and oxygen atoms in total. The van der Waals surface area contributed by atoms with E-state index in [4.69, 9.17) is 4.74 Å². The minimum atomic E-state index is -0.486. The van der Waals surface area contributed by atoms with Crippen LogP contribution in [0.2, 0.25) is 0 Å². The van der Waals surface area contributed by atoms with Gasteiger partial charge >= 0.3 is 0 Å². The van der Waals surface area contributed by atoms with Crippen LogP contribution in [0, 0.1) is 5.82 Å². The first-order chi connectivity index (χ1) is 9.43. The summed E-state index contributed by atoms with van der Waals surface area (Å²) in [4.78, 5) is 23.1.